The normalized spacial score (nSPS) is 21.3. The van der Waals surface area contributed by atoms with E-state index in [2.05, 4.69) is 19.9 Å². The van der Waals surface area contributed by atoms with Gasteiger partial charge in [-0.3, -0.25) is 9.59 Å². The molecule has 1 aliphatic carbocycles. The average molecular weight is 328 g/mol. The lowest BCUT2D eigenvalue weighted by atomic mass is 10.00. The van der Waals surface area contributed by atoms with Gasteiger partial charge in [0.25, 0.3) is 0 Å². The van der Waals surface area contributed by atoms with E-state index in [1.165, 1.54) is 5.57 Å². The third-order valence-corrected chi connectivity index (χ3v) is 4.79. The minimum Gasteiger partial charge on any atom is -0.461 e. The Morgan fingerprint density at radius 1 is 1.25 bits per heavy atom. The molecule has 0 aromatic heterocycles. The second kappa shape index (κ2) is 6.92. The molecular formula is C21H28O3. The van der Waals surface area contributed by atoms with Crippen LogP contribution in [-0.4, -0.2) is 11.8 Å². The molecule has 1 aromatic rings. The molecule has 1 aromatic carbocycles. The number of esters is 1. The summed E-state index contributed by atoms with van der Waals surface area (Å²) in [6.45, 7) is 12.3. The highest BCUT2D eigenvalue weighted by Crippen LogP contribution is 2.59. The molecule has 0 saturated heterocycles. The average Bonchev–Trinajstić information content (AvgIpc) is 3.04. The summed E-state index contributed by atoms with van der Waals surface area (Å²) in [6.07, 6.45) is 2.16. The highest BCUT2D eigenvalue weighted by atomic mass is 16.5. The van der Waals surface area contributed by atoms with Gasteiger partial charge in [0.2, 0.25) is 0 Å². The molecule has 0 bridgehead atoms. The SMILES string of the molecule is CC(C)=CC1C(C(=O)OCc2cccc(C(=O)C(C)C)c2)C1(C)C. The third kappa shape index (κ3) is 3.95. The summed E-state index contributed by atoms with van der Waals surface area (Å²) in [5, 5.41) is 0. The van der Waals surface area contributed by atoms with E-state index in [0.29, 0.717) is 5.56 Å². The molecule has 0 amide bonds. The molecule has 0 N–H and O–H groups in total. The number of benzene rings is 1. The van der Waals surface area contributed by atoms with Gasteiger partial charge in [-0.2, -0.15) is 0 Å². The number of allylic oxidation sites excluding steroid dienone is 2. The zero-order valence-corrected chi connectivity index (χ0v) is 15.6. The molecule has 1 saturated carbocycles. The topological polar surface area (TPSA) is 43.4 Å². The van der Waals surface area contributed by atoms with Crippen LogP contribution >= 0.6 is 0 Å². The monoisotopic (exact) mass is 328 g/mol. The van der Waals surface area contributed by atoms with Crippen molar-refractivity contribution in [3.63, 3.8) is 0 Å². The summed E-state index contributed by atoms with van der Waals surface area (Å²) < 4.78 is 5.52. The lowest BCUT2D eigenvalue weighted by molar-refractivity contribution is -0.147. The van der Waals surface area contributed by atoms with E-state index in [1.807, 2.05) is 52.0 Å². The lowest BCUT2D eigenvalue weighted by Crippen LogP contribution is -2.11. The minimum absolute atomic E-state index is 0.0379. The van der Waals surface area contributed by atoms with Crippen molar-refractivity contribution in [1.82, 2.24) is 0 Å². The first-order valence-electron chi connectivity index (χ1n) is 8.59. The highest BCUT2D eigenvalue weighted by Gasteiger charge is 2.61. The summed E-state index contributed by atoms with van der Waals surface area (Å²) >= 11 is 0. The van der Waals surface area contributed by atoms with Crippen molar-refractivity contribution < 1.29 is 14.3 Å². The second-order valence-corrected chi connectivity index (χ2v) is 7.90. The Bertz CT molecular complexity index is 663. The molecule has 1 fully saturated rings. The van der Waals surface area contributed by atoms with Crippen molar-refractivity contribution in [2.24, 2.45) is 23.2 Å². The summed E-state index contributed by atoms with van der Waals surface area (Å²) in [4.78, 5) is 24.5. The standard InChI is InChI=1S/C21H28O3/c1-13(2)10-17-18(21(17,5)6)20(23)24-12-15-8-7-9-16(11-15)19(22)14(3)4/h7-11,14,17-18H,12H2,1-6H3. The maximum Gasteiger partial charge on any atom is 0.310 e. The van der Waals surface area contributed by atoms with Crippen molar-refractivity contribution in [2.45, 2.75) is 48.1 Å². The molecule has 0 radical (unpaired) electrons. The van der Waals surface area contributed by atoms with Gasteiger partial charge >= 0.3 is 5.97 Å². The fourth-order valence-electron chi connectivity index (χ4n) is 3.19. The van der Waals surface area contributed by atoms with E-state index in [1.54, 1.807) is 0 Å². The van der Waals surface area contributed by atoms with Gasteiger partial charge in [0, 0.05) is 11.5 Å². The molecule has 2 rings (SSSR count). The van der Waals surface area contributed by atoms with Gasteiger partial charge < -0.3 is 4.74 Å². The number of carbonyl (C=O) groups is 2. The van der Waals surface area contributed by atoms with Crippen LogP contribution in [0.2, 0.25) is 0 Å². The molecule has 130 valence electrons. The predicted molar refractivity (Wildman–Crippen MR) is 95.6 cm³/mol. The van der Waals surface area contributed by atoms with Gasteiger partial charge in [-0.15, -0.1) is 0 Å². The summed E-state index contributed by atoms with van der Waals surface area (Å²) in [5.41, 5.74) is 2.71. The van der Waals surface area contributed by atoms with E-state index in [9.17, 15) is 9.59 Å². The molecule has 1 aliphatic rings. The molecule has 3 heteroatoms. The molecule has 3 nitrogen and oxygen atoms in total. The van der Waals surface area contributed by atoms with Crippen LogP contribution in [0.25, 0.3) is 0 Å². The zero-order valence-electron chi connectivity index (χ0n) is 15.6. The smallest absolute Gasteiger partial charge is 0.310 e. The van der Waals surface area contributed by atoms with E-state index < -0.39 is 0 Å². The quantitative estimate of drug-likeness (QED) is 0.428. The Kier molecular flexibility index (Phi) is 5.32. The first-order valence-corrected chi connectivity index (χ1v) is 8.59. The molecule has 2 unspecified atom stereocenters. The molecule has 0 aliphatic heterocycles. The van der Waals surface area contributed by atoms with Crippen LogP contribution in [0.1, 0.15) is 57.5 Å². The van der Waals surface area contributed by atoms with Crippen LogP contribution in [0.5, 0.6) is 0 Å². The molecular weight excluding hydrogens is 300 g/mol. The van der Waals surface area contributed by atoms with Crippen molar-refractivity contribution in [3.05, 3.63) is 47.0 Å². The van der Waals surface area contributed by atoms with Crippen molar-refractivity contribution in [1.29, 1.82) is 0 Å². The van der Waals surface area contributed by atoms with Gasteiger partial charge in [0.05, 0.1) is 5.92 Å². The maximum absolute atomic E-state index is 12.4. The van der Waals surface area contributed by atoms with Crippen LogP contribution in [-0.2, 0) is 16.1 Å². The Labute approximate surface area is 145 Å². The fraction of sp³-hybridized carbons (Fsp3) is 0.524. The van der Waals surface area contributed by atoms with Gasteiger partial charge in [0.15, 0.2) is 5.78 Å². The van der Waals surface area contributed by atoms with Gasteiger partial charge in [0.1, 0.15) is 6.61 Å². The maximum atomic E-state index is 12.4. The van der Waals surface area contributed by atoms with Crippen molar-refractivity contribution in [3.8, 4) is 0 Å². The molecule has 0 heterocycles. The number of ether oxygens (including phenoxy) is 1. The highest BCUT2D eigenvalue weighted by molar-refractivity contribution is 5.97. The summed E-state index contributed by atoms with van der Waals surface area (Å²) in [5.74, 6) is 0.0924. The van der Waals surface area contributed by atoms with E-state index >= 15 is 0 Å². The number of hydrogen-bond acceptors (Lipinski definition) is 3. The Morgan fingerprint density at radius 2 is 1.92 bits per heavy atom. The largest absolute Gasteiger partial charge is 0.461 e. The van der Waals surface area contributed by atoms with E-state index in [0.717, 1.165) is 5.56 Å². The fourth-order valence-corrected chi connectivity index (χ4v) is 3.19. The Balaban J connectivity index is 1.99. The van der Waals surface area contributed by atoms with Gasteiger partial charge in [-0.05, 0) is 36.8 Å². The van der Waals surface area contributed by atoms with E-state index in [4.69, 9.17) is 4.74 Å². The van der Waals surface area contributed by atoms with Crippen LogP contribution in [0.4, 0.5) is 0 Å². The van der Waals surface area contributed by atoms with Crippen LogP contribution in [0, 0.1) is 23.2 Å². The van der Waals surface area contributed by atoms with Crippen molar-refractivity contribution >= 4 is 11.8 Å². The summed E-state index contributed by atoms with van der Waals surface area (Å²) in [6, 6.07) is 7.35. The first kappa shape index (κ1) is 18.4. The molecule has 24 heavy (non-hydrogen) atoms. The van der Waals surface area contributed by atoms with Crippen LogP contribution in [0.15, 0.2) is 35.9 Å². The van der Waals surface area contributed by atoms with E-state index in [-0.39, 0.29) is 41.5 Å². The summed E-state index contributed by atoms with van der Waals surface area (Å²) in [7, 11) is 0. The number of Topliss-reactive ketones (excluding diaryl/α,β-unsaturated/α-hetero) is 1. The van der Waals surface area contributed by atoms with Crippen LogP contribution < -0.4 is 0 Å². The first-order chi connectivity index (χ1) is 11.1. The second-order valence-electron chi connectivity index (χ2n) is 7.90. The number of hydrogen-bond donors (Lipinski definition) is 0. The molecule has 0 spiro atoms. The zero-order chi connectivity index (χ0) is 18.1. The Hall–Kier alpha value is -1.90. The number of ketones is 1. The molecule has 2 atom stereocenters. The number of rotatable bonds is 6. The van der Waals surface area contributed by atoms with Crippen molar-refractivity contribution in [2.75, 3.05) is 0 Å². The number of carbonyl (C=O) groups excluding carboxylic acids is 2. The predicted octanol–water partition coefficient (Wildman–Crippen LogP) is 4.81. The lowest BCUT2D eigenvalue weighted by Gasteiger charge is -2.08. The Morgan fingerprint density at radius 3 is 2.50 bits per heavy atom. The van der Waals surface area contributed by atoms with Crippen LogP contribution in [0.3, 0.4) is 0 Å². The minimum atomic E-state index is -0.150. The van der Waals surface area contributed by atoms with Gasteiger partial charge in [-0.1, -0.05) is 57.5 Å². The van der Waals surface area contributed by atoms with Gasteiger partial charge in [-0.25, -0.2) is 0 Å². The third-order valence-electron chi connectivity index (χ3n) is 4.79.